The van der Waals surface area contributed by atoms with E-state index in [-0.39, 0.29) is 48.0 Å². The second-order valence-electron chi connectivity index (χ2n) is 7.29. The summed E-state index contributed by atoms with van der Waals surface area (Å²) >= 11 is 0. The van der Waals surface area contributed by atoms with E-state index in [1.54, 1.807) is 4.90 Å². The fourth-order valence-electron chi connectivity index (χ4n) is 3.89. The molecule has 0 aromatic rings. The largest absolute Gasteiger partial charge is 0.355 e. The Labute approximate surface area is 162 Å². The van der Waals surface area contributed by atoms with E-state index in [0.29, 0.717) is 39.1 Å². The number of amides is 3. The number of likely N-dealkylation sites (tertiary alicyclic amines) is 2. The van der Waals surface area contributed by atoms with Gasteiger partial charge in [-0.3, -0.25) is 14.4 Å². The fourth-order valence-corrected chi connectivity index (χ4v) is 3.89. The van der Waals surface area contributed by atoms with Gasteiger partial charge in [-0.1, -0.05) is 13.3 Å². The Bertz CT molecular complexity index is 503. The van der Waals surface area contributed by atoms with Crippen molar-refractivity contribution in [1.82, 2.24) is 15.1 Å². The first-order chi connectivity index (χ1) is 12.0. The van der Waals surface area contributed by atoms with E-state index in [2.05, 4.69) is 12.2 Å². The number of nitrogens with zero attached hydrogens (tertiary/aromatic N) is 2. The van der Waals surface area contributed by atoms with Crippen LogP contribution >= 0.6 is 12.4 Å². The van der Waals surface area contributed by atoms with Crippen LogP contribution in [0.2, 0.25) is 0 Å². The maximum Gasteiger partial charge on any atom is 0.228 e. The minimum Gasteiger partial charge on any atom is -0.355 e. The summed E-state index contributed by atoms with van der Waals surface area (Å²) in [6.45, 7) is 6.66. The van der Waals surface area contributed by atoms with Crippen LogP contribution in [-0.4, -0.2) is 66.3 Å². The molecular formula is C18H33ClN4O3. The third-order valence-electron chi connectivity index (χ3n) is 5.29. The lowest BCUT2D eigenvalue weighted by atomic mass is 9.95. The summed E-state index contributed by atoms with van der Waals surface area (Å²) < 4.78 is 0. The van der Waals surface area contributed by atoms with Crippen LogP contribution in [0, 0.1) is 11.8 Å². The van der Waals surface area contributed by atoms with E-state index < -0.39 is 0 Å². The minimum absolute atomic E-state index is 0. The van der Waals surface area contributed by atoms with E-state index in [4.69, 9.17) is 5.73 Å². The Balaban J connectivity index is 0.00000338. The van der Waals surface area contributed by atoms with Crippen molar-refractivity contribution in [3.8, 4) is 0 Å². The molecule has 3 amide bonds. The average Bonchev–Trinajstić information content (AvgIpc) is 3.01. The molecule has 0 aromatic heterocycles. The summed E-state index contributed by atoms with van der Waals surface area (Å²) in [5, 5.41) is 2.81. The number of piperidine rings is 1. The molecule has 26 heavy (non-hydrogen) atoms. The summed E-state index contributed by atoms with van der Waals surface area (Å²) in [4.78, 5) is 40.9. The molecule has 3 atom stereocenters. The van der Waals surface area contributed by atoms with Gasteiger partial charge in [0.15, 0.2) is 0 Å². The van der Waals surface area contributed by atoms with Crippen molar-refractivity contribution < 1.29 is 14.4 Å². The number of halogens is 1. The number of nitrogens with two attached hydrogens (primary N) is 1. The third-order valence-corrected chi connectivity index (χ3v) is 5.29. The van der Waals surface area contributed by atoms with Crippen LogP contribution in [-0.2, 0) is 14.4 Å². The van der Waals surface area contributed by atoms with Gasteiger partial charge in [-0.05, 0) is 26.2 Å². The SMILES string of the molecule is CCCC(C)N1CC(C(=O)N2CCCC(C(=O)NCCN)C2)CC1=O.Cl. The van der Waals surface area contributed by atoms with Gasteiger partial charge in [0.25, 0.3) is 0 Å². The highest BCUT2D eigenvalue weighted by Crippen LogP contribution is 2.26. The topological polar surface area (TPSA) is 95.7 Å². The minimum atomic E-state index is -0.266. The van der Waals surface area contributed by atoms with E-state index in [0.717, 1.165) is 25.7 Å². The summed E-state index contributed by atoms with van der Waals surface area (Å²) in [7, 11) is 0. The molecule has 8 heteroatoms. The van der Waals surface area contributed by atoms with Crippen molar-refractivity contribution in [2.75, 3.05) is 32.7 Å². The lowest BCUT2D eigenvalue weighted by Crippen LogP contribution is -2.48. The van der Waals surface area contributed by atoms with Crippen molar-refractivity contribution >= 4 is 30.1 Å². The monoisotopic (exact) mass is 388 g/mol. The molecule has 2 saturated heterocycles. The number of hydrogen-bond donors (Lipinski definition) is 2. The van der Waals surface area contributed by atoms with Gasteiger partial charge >= 0.3 is 0 Å². The molecule has 150 valence electrons. The first-order valence-electron chi connectivity index (χ1n) is 9.53. The Morgan fingerprint density at radius 3 is 2.69 bits per heavy atom. The highest BCUT2D eigenvalue weighted by atomic mass is 35.5. The van der Waals surface area contributed by atoms with Gasteiger partial charge in [0.05, 0.1) is 11.8 Å². The van der Waals surface area contributed by atoms with Crippen LogP contribution in [0.1, 0.15) is 46.0 Å². The van der Waals surface area contributed by atoms with Gasteiger partial charge in [-0.2, -0.15) is 0 Å². The molecule has 7 nitrogen and oxygen atoms in total. The summed E-state index contributed by atoms with van der Waals surface area (Å²) in [6.07, 6.45) is 3.90. The molecule has 0 radical (unpaired) electrons. The van der Waals surface area contributed by atoms with Crippen molar-refractivity contribution in [3.05, 3.63) is 0 Å². The van der Waals surface area contributed by atoms with Gasteiger partial charge in [-0.15, -0.1) is 12.4 Å². The van der Waals surface area contributed by atoms with E-state index >= 15 is 0 Å². The van der Waals surface area contributed by atoms with Crippen LogP contribution in [0.25, 0.3) is 0 Å². The van der Waals surface area contributed by atoms with Crippen LogP contribution < -0.4 is 11.1 Å². The number of carbonyl (C=O) groups is 3. The molecule has 2 aliphatic heterocycles. The van der Waals surface area contributed by atoms with Crippen molar-refractivity contribution in [3.63, 3.8) is 0 Å². The van der Waals surface area contributed by atoms with Gasteiger partial charge in [0.1, 0.15) is 0 Å². The first-order valence-corrected chi connectivity index (χ1v) is 9.53. The highest BCUT2D eigenvalue weighted by Gasteiger charge is 2.39. The smallest absolute Gasteiger partial charge is 0.228 e. The fraction of sp³-hybridized carbons (Fsp3) is 0.833. The average molecular weight is 389 g/mol. The zero-order valence-electron chi connectivity index (χ0n) is 15.9. The Kier molecular flexibility index (Phi) is 9.36. The zero-order chi connectivity index (χ0) is 18.4. The van der Waals surface area contributed by atoms with E-state index in [1.807, 2.05) is 11.8 Å². The Hall–Kier alpha value is -1.34. The van der Waals surface area contributed by atoms with Crippen LogP contribution in [0.4, 0.5) is 0 Å². The first kappa shape index (κ1) is 22.7. The standard InChI is InChI=1S/C18H32N4O3.ClH/c1-3-5-13(2)22-12-15(10-16(22)23)18(25)21-9-4-6-14(11-21)17(24)20-8-7-19;/h13-15H,3-12,19H2,1-2H3,(H,20,24);1H. The molecule has 3 N–H and O–H groups in total. The summed E-state index contributed by atoms with van der Waals surface area (Å²) in [5.41, 5.74) is 5.42. The number of rotatable bonds is 7. The quantitative estimate of drug-likeness (QED) is 0.673. The van der Waals surface area contributed by atoms with Crippen LogP contribution in [0.15, 0.2) is 0 Å². The van der Waals surface area contributed by atoms with Crippen molar-refractivity contribution in [2.24, 2.45) is 17.6 Å². The zero-order valence-corrected chi connectivity index (χ0v) is 16.7. The van der Waals surface area contributed by atoms with Gasteiger partial charge < -0.3 is 20.9 Å². The Morgan fingerprint density at radius 1 is 1.31 bits per heavy atom. The highest BCUT2D eigenvalue weighted by molar-refractivity contribution is 5.90. The molecule has 0 bridgehead atoms. The third kappa shape index (κ3) is 5.58. The second-order valence-corrected chi connectivity index (χ2v) is 7.29. The molecule has 2 aliphatic rings. The normalized spacial score (nSPS) is 24.2. The molecule has 0 saturated carbocycles. The van der Waals surface area contributed by atoms with E-state index in [1.165, 1.54) is 0 Å². The molecule has 2 fully saturated rings. The van der Waals surface area contributed by atoms with Crippen LogP contribution in [0.3, 0.4) is 0 Å². The molecule has 0 spiro atoms. The van der Waals surface area contributed by atoms with E-state index in [9.17, 15) is 14.4 Å². The molecule has 0 aromatic carbocycles. The number of nitrogens with one attached hydrogen (secondary N) is 1. The lowest BCUT2D eigenvalue weighted by Gasteiger charge is -2.33. The van der Waals surface area contributed by atoms with Gasteiger partial charge in [0.2, 0.25) is 17.7 Å². The maximum atomic E-state index is 12.8. The van der Waals surface area contributed by atoms with Gasteiger partial charge in [0, 0.05) is 45.2 Å². The van der Waals surface area contributed by atoms with Gasteiger partial charge in [-0.25, -0.2) is 0 Å². The van der Waals surface area contributed by atoms with Crippen LogP contribution in [0.5, 0.6) is 0 Å². The summed E-state index contributed by atoms with van der Waals surface area (Å²) in [6, 6.07) is 0.187. The number of hydrogen-bond acceptors (Lipinski definition) is 4. The molecule has 3 unspecified atom stereocenters. The molecule has 0 aliphatic carbocycles. The van der Waals surface area contributed by atoms with Crippen molar-refractivity contribution in [2.45, 2.75) is 52.0 Å². The Morgan fingerprint density at radius 2 is 2.04 bits per heavy atom. The second kappa shape index (κ2) is 10.7. The molecule has 2 heterocycles. The maximum absolute atomic E-state index is 12.8. The van der Waals surface area contributed by atoms with Crippen molar-refractivity contribution in [1.29, 1.82) is 0 Å². The number of carbonyl (C=O) groups excluding carboxylic acids is 3. The predicted octanol–water partition coefficient (Wildman–Crippen LogP) is 0.759. The molecule has 2 rings (SSSR count). The lowest BCUT2D eigenvalue weighted by molar-refractivity contribution is -0.139. The molecular weight excluding hydrogens is 356 g/mol. The summed E-state index contributed by atoms with van der Waals surface area (Å²) in [5.74, 6) is -0.359. The predicted molar refractivity (Wildman–Crippen MR) is 103 cm³/mol.